The first-order valence-corrected chi connectivity index (χ1v) is 15.7. The number of amides is 2. The van der Waals surface area contributed by atoms with Crippen LogP contribution in [-0.2, 0) is 11.3 Å². The molecule has 2 fully saturated rings. The molecule has 2 aliphatic rings. The second-order valence-electron chi connectivity index (χ2n) is 11.8. The van der Waals surface area contributed by atoms with Crippen molar-refractivity contribution >= 4 is 35.0 Å². The summed E-state index contributed by atoms with van der Waals surface area (Å²) >= 11 is 12.6. The summed E-state index contributed by atoms with van der Waals surface area (Å²) in [6.07, 6.45) is 1.79. The van der Waals surface area contributed by atoms with E-state index < -0.39 is 12.1 Å². The maximum atomic E-state index is 14.0. The molecule has 2 saturated heterocycles. The Hall–Kier alpha value is -2.94. The van der Waals surface area contributed by atoms with Gasteiger partial charge in [0.05, 0.1) is 22.7 Å². The van der Waals surface area contributed by atoms with Crippen molar-refractivity contribution < 1.29 is 14.7 Å². The largest absolute Gasteiger partial charge is 0.394 e. The molecule has 43 heavy (non-hydrogen) atoms. The number of carbonyl (C=O) groups is 2. The van der Waals surface area contributed by atoms with Gasteiger partial charge in [0, 0.05) is 37.8 Å². The summed E-state index contributed by atoms with van der Waals surface area (Å²) in [5.41, 5.74) is 4.79. The molecule has 2 aliphatic heterocycles. The van der Waals surface area contributed by atoms with E-state index in [4.69, 9.17) is 23.2 Å². The van der Waals surface area contributed by atoms with Crippen LogP contribution >= 0.6 is 23.2 Å². The highest BCUT2D eigenvalue weighted by atomic mass is 35.5. The van der Waals surface area contributed by atoms with Crippen LogP contribution in [0, 0.1) is 13.8 Å². The topological polar surface area (TPSA) is 76.1 Å². The van der Waals surface area contributed by atoms with Gasteiger partial charge in [-0.1, -0.05) is 76.8 Å². The quantitative estimate of drug-likeness (QED) is 0.359. The number of nitrogens with one attached hydrogen (secondary N) is 1. The number of hydrogen-bond donors (Lipinski definition) is 2. The molecule has 228 valence electrons. The number of piperazine rings is 1. The fourth-order valence-electron chi connectivity index (χ4n) is 6.30. The number of rotatable bonds is 8. The average Bonchev–Trinajstić information content (AvgIpc) is 3.01. The number of carbonyl (C=O) groups excluding carboxylic acids is 2. The van der Waals surface area contributed by atoms with Gasteiger partial charge in [-0.05, 0) is 75.2 Å². The van der Waals surface area contributed by atoms with Gasteiger partial charge in [-0.3, -0.25) is 14.5 Å². The molecule has 2 heterocycles. The van der Waals surface area contributed by atoms with Crippen LogP contribution in [0.1, 0.15) is 51.5 Å². The lowest BCUT2D eigenvalue weighted by molar-refractivity contribution is -0.139. The number of nitrogens with zero attached hydrogens (tertiary/aromatic N) is 3. The van der Waals surface area contributed by atoms with Gasteiger partial charge in [-0.15, -0.1) is 0 Å². The fraction of sp³-hybridized carbons (Fsp3) is 0.412. The Morgan fingerprint density at radius 2 is 1.60 bits per heavy atom. The van der Waals surface area contributed by atoms with Gasteiger partial charge in [-0.2, -0.15) is 0 Å². The second-order valence-corrected chi connectivity index (χ2v) is 12.6. The molecule has 7 nitrogen and oxygen atoms in total. The standard InChI is InChI=1S/C34H40Cl2N4O3/c1-23-16-24(2)18-27(17-23)33(42)39-14-15-40(32(21-39)26-8-9-29(35)30(36)19-26)34(43)31(22-41)37-28-10-12-38(13-11-28)20-25-6-4-3-5-7-25/h3-9,16-19,28,31-32,37,41H,10-15,20-22H2,1-2H3/t31-,32?/m0/s1. The molecule has 2 amide bonds. The van der Waals surface area contributed by atoms with Gasteiger partial charge < -0.3 is 20.2 Å². The van der Waals surface area contributed by atoms with E-state index in [1.807, 2.05) is 44.2 Å². The van der Waals surface area contributed by atoms with Gasteiger partial charge in [0.1, 0.15) is 6.04 Å². The average molecular weight is 624 g/mol. The van der Waals surface area contributed by atoms with Crippen LogP contribution in [0.25, 0.3) is 0 Å². The highest BCUT2D eigenvalue weighted by molar-refractivity contribution is 6.42. The zero-order chi connectivity index (χ0) is 30.5. The molecule has 0 aromatic heterocycles. The highest BCUT2D eigenvalue weighted by Crippen LogP contribution is 2.32. The Balaban J connectivity index is 1.29. The lowest BCUT2D eigenvalue weighted by Gasteiger charge is -2.43. The molecule has 0 bridgehead atoms. The van der Waals surface area contributed by atoms with E-state index in [-0.39, 0.29) is 24.5 Å². The molecule has 3 aromatic rings. The van der Waals surface area contributed by atoms with Gasteiger partial charge in [0.2, 0.25) is 5.91 Å². The third kappa shape index (κ3) is 7.78. The summed E-state index contributed by atoms with van der Waals surface area (Å²) < 4.78 is 0. The lowest BCUT2D eigenvalue weighted by atomic mass is 9.99. The number of likely N-dealkylation sites (tertiary alicyclic amines) is 1. The molecule has 1 unspecified atom stereocenters. The lowest BCUT2D eigenvalue weighted by Crippen LogP contribution is -2.59. The van der Waals surface area contributed by atoms with E-state index in [9.17, 15) is 14.7 Å². The third-order valence-electron chi connectivity index (χ3n) is 8.50. The summed E-state index contributed by atoms with van der Waals surface area (Å²) in [5, 5.41) is 14.6. The molecule has 0 spiro atoms. The Morgan fingerprint density at radius 1 is 0.907 bits per heavy atom. The summed E-state index contributed by atoms with van der Waals surface area (Å²) in [7, 11) is 0. The van der Waals surface area contributed by atoms with Crippen molar-refractivity contribution in [2.24, 2.45) is 0 Å². The molecule has 0 radical (unpaired) electrons. The molecule has 9 heteroatoms. The van der Waals surface area contributed by atoms with Crippen molar-refractivity contribution in [2.75, 3.05) is 39.3 Å². The first-order chi connectivity index (χ1) is 20.7. The first kappa shape index (κ1) is 31.5. The van der Waals surface area contributed by atoms with Crippen LogP contribution in [0.2, 0.25) is 10.0 Å². The van der Waals surface area contributed by atoms with Crippen molar-refractivity contribution in [2.45, 2.75) is 51.4 Å². The van der Waals surface area contributed by atoms with Gasteiger partial charge >= 0.3 is 0 Å². The predicted molar refractivity (Wildman–Crippen MR) is 171 cm³/mol. The monoisotopic (exact) mass is 622 g/mol. The van der Waals surface area contributed by atoms with E-state index in [1.54, 1.807) is 21.9 Å². The molecular formula is C34H40Cl2N4O3. The number of halogens is 2. The van der Waals surface area contributed by atoms with Crippen molar-refractivity contribution in [3.05, 3.63) is 105 Å². The van der Waals surface area contributed by atoms with Gasteiger partial charge in [0.25, 0.3) is 5.91 Å². The van der Waals surface area contributed by atoms with E-state index in [0.717, 1.165) is 49.2 Å². The van der Waals surface area contributed by atoms with Crippen LogP contribution in [-0.4, -0.2) is 83.0 Å². The molecule has 0 aliphatic carbocycles. The van der Waals surface area contributed by atoms with Gasteiger partial charge in [-0.25, -0.2) is 0 Å². The van der Waals surface area contributed by atoms with Crippen LogP contribution in [0.5, 0.6) is 0 Å². The molecule has 5 rings (SSSR count). The third-order valence-corrected chi connectivity index (χ3v) is 9.24. The molecule has 2 atom stereocenters. The second kappa shape index (κ2) is 14.2. The normalized spacial score (nSPS) is 19.0. The van der Waals surface area contributed by atoms with E-state index in [2.05, 4.69) is 34.5 Å². The van der Waals surface area contributed by atoms with E-state index in [1.165, 1.54) is 5.56 Å². The van der Waals surface area contributed by atoms with Crippen molar-refractivity contribution in [1.29, 1.82) is 0 Å². The minimum atomic E-state index is -0.738. The predicted octanol–water partition coefficient (Wildman–Crippen LogP) is 5.25. The number of aliphatic hydroxyl groups is 1. The number of benzene rings is 3. The molecular weight excluding hydrogens is 583 g/mol. The minimum absolute atomic E-state index is 0.0666. The first-order valence-electron chi connectivity index (χ1n) is 15.0. The summed E-state index contributed by atoms with van der Waals surface area (Å²) in [6, 6.07) is 20.6. The Labute approximate surface area is 264 Å². The SMILES string of the molecule is Cc1cc(C)cc(C(=O)N2CCN(C(=O)[C@H](CO)NC3CCN(Cc4ccccc4)CC3)C(c3ccc(Cl)c(Cl)c3)C2)c1. The molecule has 3 aromatic carbocycles. The van der Waals surface area contributed by atoms with Crippen molar-refractivity contribution in [3.8, 4) is 0 Å². The minimum Gasteiger partial charge on any atom is -0.394 e. The Morgan fingerprint density at radius 3 is 2.26 bits per heavy atom. The van der Waals surface area contributed by atoms with Crippen LogP contribution in [0.3, 0.4) is 0 Å². The number of hydrogen-bond acceptors (Lipinski definition) is 5. The Kier molecular flexibility index (Phi) is 10.4. The van der Waals surface area contributed by atoms with Crippen molar-refractivity contribution in [1.82, 2.24) is 20.0 Å². The van der Waals surface area contributed by atoms with Gasteiger partial charge in [0.15, 0.2) is 0 Å². The number of aliphatic hydroxyl groups excluding tert-OH is 1. The molecule has 2 N–H and O–H groups in total. The number of aryl methyl sites for hydroxylation is 2. The summed E-state index contributed by atoms with van der Waals surface area (Å²) in [4.78, 5) is 33.6. The van der Waals surface area contributed by atoms with E-state index in [0.29, 0.717) is 35.2 Å². The summed E-state index contributed by atoms with van der Waals surface area (Å²) in [5.74, 6) is -0.244. The van der Waals surface area contributed by atoms with Crippen molar-refractivity contribution in [3.63, 3.8) is 0 Å². The maximum Gasteiger partial charge on any atom is 0.254 e. The zero-order valence-corrected chi connectivity index (χ0v) is 26.3. The zero-order valence-electron chi connectivity index (χ0n) is 24.8. The summed E-state index contributed by atoms with van der Waals surface area (Å²) in [6.45, 7) is 7.45. The van der Waals surface area contributed by atoms with Crippen LogP contribution in [0.4, 0.5) is 0 Å². The fourth-order valence-corrected chi connectivity index (χ4v) is 6.61. The Bertz CT molecular complexity index is 1410. The highest BCUT2D eigenvalue weighted by Gasteiger charge is 2.37. The van der Waals surface area contributed by atoms with E-state index >= 15 is 0 Å². The van der Waals surface area contributed by atoms with Crippen LogP contribution < -0.4 is 5.32 Å². The number of piperidine rings is 1. The maximum absolute atomic E-state index is 14.0. The smallest absolute Gasteiger partial charge is 0.254 e. The van der Waals surface area contributed by atoms with Crippen LogP contribution in [0.15, 0.2) is 66.7 Å². The molecule has 0 saturated carbocycles.